The van der Waals surface area contributed by atoms with Gasteiger partial charge in [0.2, 0.25) is 0 Å². The molecule has 0 aliphatic rings. The van der Waals surface area contributed by atoms with Crippen LogP contribution in [-0.2, 0) is 6.42 Å². The molecule has 13 heavy (non-hydrogen) atoms. The van der Waals surface area contributed by atoms with Crippen molar-refractivity contribution >= 4 is 11.6 Å². The minimum atomic E-state index is -0.155. The summed E-state index contributed by atoms with van der Waals surface area (Å²) in [5.41, 5.74) is 1.71. The Labute approximate surface area is 83.0 Å². The molecule has 0 fully saturated rings. The van der Waals surface area contributed by atoms with Gasteiger partial charge in [-0.3, -0.25) is 0 Å². The minimum absolute atomic E-state index is 0.155. The van der Waals surface area contributed by atoms with E-state index in [9.17, 15) is 4.39 Å². The van der Waals surface area contributed by atoms with E-state index in [-0.39, 0.29) is 5.82 Å². The molecule has 1 rings (SSSR count). The van der Waals surface area contributed by atoms with Crippen LogP contribution in [0.15, 0.2) is 29.8 Å². The molecule has 0 nitrogen and oxygen atoms in total. The predicted molar refractivity (Wildman–Crippen MR) is 54.5 cm³/mol. The lowest BCUT2D eigenvalue weighted by molar-refractivity contribution is 0.615. The zero-order valence-corrected chi connectivity index (χ0v) is 8.37. The lowest BCUT2D eigenvalue weighted by atomic mass is 10.0. The molecule has 0 heterocycles. The first-order chi connectivity index (χ1) is 6.11. The first-order valence-corrected chi connectivity index (χ1v) is 4.56. The van der Waals surface area contributed by atoms with Crippen LogP contribution in [-0.4, -0.2) is 0 Å². The van der Waals surface area contributed by atoms with Gasteiger partial charge in [0.05, 0.1) is 0 Å². The largest absolute Gasteiger partial charge is 0.207 e. The Kier molecular flexibility index (Phi) is 3.49. The van der Waals surface area contributed by atoms with Gasteiger partial charge in [-0.05, 0) is 37.0 Å². The van der Waals surface area contributed by atoms with E-state index in [0.29, 0.717) is 17.0 Å². The van der Waals surface area contributed by atoms with Gasteiger partial charge in [0, 0.05) is 5.03 Å². The Bertz CT molecular complexity index is 318. The molecule has 0 aliphatic heterocycles. The number of hydrogen-bond donors (Lipinski definition) is 0. The summed E-state index contributed by atoms with van der Waals surface area (Å²) in [7, 11) is 0. The fraction of sp³-hybridized carbons (Fsp3) is 0.273. The van der Waals surface area contributed by atoms with Gasteiger partial charge in [-0.2, -0.15) is 0 Å². The van der Waals surface area contributed by atoms with Crippen molar-refractivity contribution in [3.63, 3.8) is 0 Å². The van der Waals surface area contributed by atoms with Crippen LogP contribution >= 0.6 is 11.6 Å². The summed E-state index contributed by atoms with van der Waals surface area (Å²) in [6.07, 6.45) is 1.46. The maximum atomic E-state index is 13.0. The molecule has 1 aromatic rings. The maximum Gasteiger partial charge on any atom is 0.126 e. The third kappa shape index (κ3) is 2.85. The quantitative estimate of drug-likeness (QED) is 0.693. The molecule has 0 saturated carbocycles. The standard InChI is InChI=1S/C11H12ClF/c1-8(12)6-7-10-4-3-5-11(13)9(10)2/h3-5H,1,6-7H2,2H3. The van der Waals surface area contributed by atoms with Crippen molar-refractivity contribution in [1.29, 1.82) is 0 Å². The average molecular weight is 199 g/mol. The van der Waals surface area contributed by atoms with Crippen LogP contribution in [0, 0.1) is 12.7 Å². The zero-order chi connectivity index (χ0) is 9.84. The van der Waals surface area contributed by atoms with Crippen LogP contribution in [0.3, 0.4) is 0 Å². The molecule has 0 aliphatic carbocycles. The van der Waals surface area contributed by atoms with E-state index in [0.717, 1.165) is 12.0 Å². The Morgan fingerprint density at radius 1 is 1.54 bits per heavy atom. The molecule has 0 radical (unpaired) electrons. The van der Waals surface area contributed by atoms with Gasteiger partial charge in [-0.25, -0.2) is 4.39 Å². The summed E-state index contributed by atoms with van der Waals surface area (Å²) < 4.78 is 13.0. The summed E-state index contributed by atoms with van der Waals surface area (Å²) in [4.78, 5) is 0. The summed E-state index contributed by atoms with van der Waals surface area (Å²) in [5.74, 6) is -0.155. The number of benzene rings is 1. The monoisotopic (exact) mass is 198 g/mol. The van der Waals surface area contributed by atoms with E-state index in [1.54, 1.807) is 13.0 Å². The summed E-state index contributed by atoms with van der Waals surface area (Å²) in [6, 6.07) is 5.10. The average Bonchev–Trinajstić information content (AvgIpc) is 2.07. The van der Waals surface area contributed by atoms with Crippen LogP contribution in [0.1, 0.15) is 17.5 Å². The Balaban J connectivity index is 2.77. The van der Waals surface area contributed by atoms with Crippen LogP contribution < -0.4 is 0 Å². The number of allylic oxidation sites excluding steroid dienone is 1. The van der Waals surface area contributed by atoms with Gasteiger partial charge in [0.25, 0.3) is 0 Å². The van der Waals surface area contributed by atoms with Crippen molar-refractivity contribution in [3.05, 3.63) is 46.8 Å². The van der Waals surface area contributed by atoms with Crippen LogP contribution in [0.25, 0.3) is 0 Å². The number of halogens is 2. The molecule has 0 amide bonds. The second-order valence-corrected chi connectivity index (χ2v) is 3.58. The van der Waals surface area contributed by atoms with Gasteiger partial charge in [0.1, 0.15) is 5.82 Å². The van der Waals surface area contributed by atoms with E-state index < -0.39 is 0 Å². The van der Waals surface area contributed by atoms with Crippen molar-refractivity contribution in [2.24, 2.45) is 0 Å². The molecule has 0 saturated heterocycles. The Morgan fingerprint density at radius 3 is 2.85 bits per heavy atom. The molecular formula is C11H12ClF. The molecule has 0 spiro atoms. The molecule has 2 heteroatoms. The van der Waals surface area contributed by atoms with Crippen molar-refractivity contribution in [2.45, 2.75) is 19.8 Å². The first kappa shape index (κ1) is 10.3. The molecule has 0 unspecified atom stereocenters. The zero-order valence-electron chi connectivity index (χ0n) is 7.61. The van der Waals surface area contributed by atoms with Gasteiger partial charge in [-0.15, -0.1) is 0 Å². The van der Waals surface area contributed by atoms with E-state index in [1.165, 1.54) is 6.07 Å². The summed E-state index contributed by atoms with van der Waals surface area (Å²) in [5, 5.41) is 0.615. The molecular weight excluding hydrogens is 187 g/mol. The summed E-state index contributed by atoms with van der Waals surface area (Å²) >= 11 is 5.63. The second-order valence-electron chi connectivity index (χ2n) is 3.04. The predicted octanol–water partition coefficient (Wildman–Crippen LogP) is 3.82. The highest BCUT2D eigenvalue weighted by molar-refractivity contribution is 6.29. The first-order valence-electron chi connectivity index (χ1n) is 4.18. The molecule has 0 aromatic heterocycles. The molecule has 70 valence electrons. The van der Waals surface area contributed by atoms with Crippen LogP contribution in [0.2, 0.25) is 0 Å². The van der Waals surface area contributed by atoms with E-state index in [1.807, 2.05) is 6.07 Å². The van der Waals surface area contributed by atoms with Crippen molar-refractivity contribution in [2.75, 3.05) is 0 Å². The highest BCUT2D eigenvalue weighted by Gasteiger charge is 2.02. The lowest BCUT2D eigenvalue weighted by Gasteiger charge is -2.05. The highest BCUT2D eigenvalue weighted by Crippen LogP contribution is 2.16. The van der Waals surface area contributed by atoms with Crippen LogP contribution in [0.4, 0.5) is 4.39 Å². The van der Waals surface area contributed by atoms with E-state index in [2.05, 4.69) is 6.58 Å². The highest BCUT2D eigenvalue weighted by atomic mass is 35.5. The molecule has 1 aromatic carbocycles. The molecule has 0 atom stereocenters. The molecule has 0 N–H and O–H groups in total. The summed E-state index contributed by atoms with van der Waals surface area (Å²) in [6.45, 7) is 5.37. The fourth-order valence-electron chi connectivity index (χ4n) is 1.19. The maximum absolute atomic E-state index is 13.0. The lowest BCUT2D eigenvalue weighted by Crippen LogP contribution is -1.92. The van der Waals surface area contributed by atoms with Crippen molar-refractivity contribution in [3.8, 4) is 0 Å². The second kappa shape index (κ2) is 4.43. The topological polar surface area (TPSA) is 0 Å². The van der Waals surface area contributed by atoms with Crippen LogP contribution in [0.5, 0.6) is 0 Å². The minimum Gasteiger partial charge on any atom is -0.207 e. The van der Waals surface area contributed by atoms with Crippen molar-refractivity contribution < 1.29 is 4.39 Å². The molecule has 0 bridgehead atoms. The van der Waals surface area contributed by atoms with Gasteiger partial charge >= 0.3 is 0 Å². The third-order valence-electron chi connectivity index (χ3n) is 2.05. The third-order valence-corrected chi connectivity index (χ3v) is 2.23. The van der Waals surface area contributed by atoms with Gasteiger partial charge in [0.15, 0.2) is 0 Å². The number of hydrogen-bond acceptors (Lipinski definition) is 0. The smallest absolute Gasteiger partial charge is 0.126 e. The van der Waals surface area contributed by atoms with E-state index >= 15 is 0 Å². The van der Waals surface area contributed by atoms with Gasteiger partial charge < -0.3 is 0 Å². The van der Waals surface area contributed by atoms with E-state index in [4.69, 9.17) is 11.6 Å². The number of aryl methyl sites for hydroxylation is 1. The van der Waals surface area contributed by atoms with Crippen molar-refractivity contribution in [1.82, 2.24) is 0 Å². The Morgan fingerprint density at radius 2 is 2.23 bits per heavy atom. The SMILES string of the molecule is C=C(Cl)CCc1cccc(F)c1C. The fourth-order valence-corrected chi connectivity index (χ4v) is 1.29. The Hall–Kier alpha value is -0.820. The normalized spacial score (nSPS) is 10.1. The van der Waals surface area contributed by atoms with Gasteiger partial charge in [-0.1, -0.05) is 30.3 Å². The number of rotatable bonds is 3.